The average Bonchev–Trinajstić information content (AvgIpc) is 3.76. The molecule has 9 aromatic carbocycles. The van der Waals surface area contributed by atoms with Gasteiger partial charge in [0.05, 0.1) is 0 Å². The monoisotopic (exact) mass is 874 g/mol. The molecule has 0 saturated heterocycles. The van der Waals surface area contributed by atoms with Crippen LogP contribution in [0.1, 0.15) is 68.4 Å². The molecular weight excluding hydrogens is 821 g/mol. The first-order valence-electron chi connectivity index (χ1n) is 24.1. The minimum Gasteiger partial charge on any atom is -0.310 e. The van der Waals surface area contributed by atoms with E-state index in [2.05, 4.69) is 268 Å². The predicted octanol–water partition coefficient (Wildman–Crippen LogP) is 18.3. The van der Waals surface area contributed by atoms with E-state index in [0.29, 0.717) is 0 Å². The number of fused-ring (bicyclic) bond motifs is 6. The topological polar surface area (TPSA) is 6.48 Å². The van der Waals surface area contributed by atoms with Crippen molar-refractivity contribution in [1.29, 1.82) is 0 Å². The summed E-state index contributed by atoms with van der Waals surface area (Å²) in [6, 6.07) is 78.8. The molecule has 0 spiro atoms. The van der Waals surface area contributed by atoms with Crippen LogP contribution in [0.15, 0.2) is 231 Å². The summed E-state index contributed by atoms with van der Waals surface area (Å²) in [4.78, 5) is 4.82. The first-order valence-corrected chi connectivity index (χ1v) is 24.1. The molecule has 0 amide bonds. The van der Waals surface area contributed by atoms with Crippen molar-refractivity contribution in [3.63, 3.8) is 0 Å². The largest absolute Gasteiger partial charge is 0.310 e. The van der Waals surface area contributed by atoms with Crippen molar-refractivity contribution in [2.45, 2.75) is 51.4 Å². The third kappa shape index (κ3) is 7.02. The van der Waals surface area contributed by atoms with Crippen LogP contribution in [0.2, 0.25) is 0 Å². The molecule has 12 rings (SSSR count). The van der Waals surface area contributed by atoms with Crippen LogP contribution < -0.4 is 9.80 Å². The first-order chi connectivity index (χ1) is 33.2. The second-order valence-electron chi connectivity index (χ2n) is 19.7. The molecule has 9 aromatic rings. The summed E-state index contributed by atoms with van der Waals surface area (Å²) < 4.78 is 0. The van der Waals surface area contributed by atoms with Crippen LogP contribution in [0.4, 0.5) is 34.1 Å². The molecular formula is C66H54N2. The zero-order valence-corrected chi connectivity index (χ0v) is 39.2. The van der Waals surface area contributed by atoms with Gasteiger partial charge in [-0.05, 0) is 164 Å². The fraction of sp³-hybridized carbons (Fsp3) is 0.121. The van der Waals surface area contributed by atoms with Gasteiger partial charge in [-0.25, -0.2) is 0 Å². The number of anilines is 6. The Morgan fingerprint density at radius 3 is 1.07 bits per heavy atom. The van der Waals surface area contributed by atoms with Gasteiger partial charge in [-0.15, -0.1) is 0 Å². The van der Waals surface area contributed by atoms with E-state index in [4.69, 9.17) is 0 Å². The maximum atomic E-state index is 2.42. The number of hydrogen-bond donors (Lipinski definition) is 0. The zero-order valence-electron chi connectivity index (χ0n) is 39.2. The molecule has 3 aliphatic rings. The van der Waals surface area contributed by atoms with E-state index in [1.807, 2.05) is 0 Å². The Kier molecular flexibility index (Phi) is 10.0. The summed E-state index contributed by atoms with van der Waals surface area (Å²) in [7, 11) is 0. The molecule has 0 unspecified atom stereocenters. The number of hydrogen-bond acceptors (Lipinski definition) is 2. The third-order valence-corrected chi connectivity index (χ3v) is 14.9. The molecule has 0 atom stereocenters. The van der Waals surface area contributed by atoms with E-state index in [1.54, 1.807) is 0 Å². The van der Waals surface area contributed by atoms with Gasteiger partial charge in [-0.2, -0.15) is 0 Å². The van der Waals surface area contributed by atoms with Crippen molar-refractivity contribution in [2.75, 3.05) is 9.80 Å². The van der Waals surface area contributed by atoms with Crippen molar-refractivity contribution in [3.8, 4) is 44.5 Å². The van der Waals surface area contributed by atoms with Gasteiger partial charge < -0.3 is 9.80 Å². The Hall–Kier alpha value is -7.94. The van der Waals surface area contributed by atoms with Gasteiger partial charge in [-0.3, -0.25) is 0 Å². The Bertz CT molecular complexity index is 3410. The number of nitrogens with zero attached hydrogens (tertiary/aromatic N) is 2. The summed E-state index contributed by atoms with van der Waals surface area (Å²) in [6.07, 6.45) is 9.09. The molecule has 0 saturated carbocycles. The lowest BCUT2D eigenvalue weighted by molar-refractivity contribution is 0.660. The van der Waals surface area contributed by atoms with Crippen LogP contribution in [0.5, 0.6) is 0 Å². The lowest BCUT2D eigenvalue weighted by Crippen LogP contribution is -2.16. The van der Waals surface area contributed by atoms with E-state index in [-0.39, 0.29) is 10.8 Å². The maximum Gasteiger partial charge on any atom is 0.0465 e. The van der Waals surface area contributed by atoms with Gasteiger partial charge in [0, 0.05) is 45.0 Å². The van der Waals surface area contributed by atoms with Crippen molar-refractivity contribution in [2.24, 2.45) is 0 Å². The highest BCUT2D eigenvalue weighted by Gasteiger charge is 2.37. The lowest BCUT2D eigenvalue weighted by Gasteiger charge is -2.29. The Morgan fingerprint density at radius 1 is 0.309 bits per heavy atom. The number of benzene rings is 9. The molecule has 68 heavy (non-hydrogen) atoms. The Labute approximate surface area is 401 Å². The second kappa shape index (κ2) is 16.4. The molecule has 0 fully saturated rings. The Balaban J connectivity index is 0.896. The van der Waals surface area contributed by atoms with Gasteiger partial charge in [0.2, 0.25) is 0 Å². The van der Waals surface area contributed by atoms with Gasteiger partial charge >= 0.3 is 0 Å². The Morgan fingerprint density at radius 2 is 0.662 bits per heavy atom. The fourth-order valence-electron chi connectivity index (χ4n) is 11.2. The van der Waals surface area contributed by atoms with Crippen LogP contribution in [0.25, 0.3) is 50.1 Å². The molecule has 3 aliphatic carbocycles. The number of allylic oxidation sites excluding steroid dienone is 4. The van der Waals surface area contributed by atoms with Crippen molar-refractivity contribution in [3.05, 3.63) is 258 Å². The number of rotatable bonds is 9. The quantitative estimate of drug-likeness (QED) is 0.143. The molecule has 2 nitrogen and oxygen atoms in total. The molecule has 2 heteroatoms. The van der Waals surface area contributed by atoms with Crippen LogP contribution in [-0.4, -0.2) is 0 Å². The second-order valence-corrected chi connectivity index (χ2v) is 19.7. The van der Waals surface area contributed by atoms with E-state index < -0.39 is 0 Å². The standard InChI is InChI=1S/C66H54N2/c1-65(2)61-21-13-11-19-57(61)59-41-39-55(43-63(59)65)67(51-31-23-47(24-32-51)45-15-7-5-8-16-45)53-35-27-49(28-36-53)50-29-37-54(38-30-50)68(52-33-25-48(26-34-52)46-17-9-6-10-18-46)56-40-42-60-58-20-12-14-22-62(58)66(3,4)64(60)44-56/h5,7-9,11-44H,6,10H2,1-4H3. The SMILES string of the molecule is CC1(C)c2ccccc2-c2ccc(N(c3ccc(C4=CCCC=C4)cc3)c3ccc(-c4ccc(N(c5ccc(-c6ccccc6)cc5)c5ccc6c(c5)C(C)(C)c5ccccc5-6)cc4)cc3)cc21. The predicted molar refractivity (Wildman–Crippen MR) is 288 cm³/mol. The normalized spacial score (nSPS) is 14.6. The van der Waals surface area contributed by atoms with Gasteiger partial charge in [0.15, 0.2) is 0 Å². The van der Waals surface area contributed by atoms with E-state index >= 15 is 0 Å². The first kappa shape index (κ1) is 41.5. The third-order valence-electron chi connectivity index (χ3n) is 14.9. The van der Waals surface area contributed by atoms with Crippen LogP contribution in [0.3, 0.4) is 0 Å². The highest BCUT2D eigenvalue weighted by atomic mass is 15.1. The maximum absolute atomic E-state index is 2.42. The summed E-state index contributed by atoms with van der Waals surface area (Å²) in [6.45, 7) is 9.43. The molecule has 328 valence electrons. The summed E-state index contributed by atoms with van der Waals surface area (Å²) in [5.41, 5.74) is 24.7. The minimum absolute atomic E-state index is 0.0997. The molecule has 0 radical (unpaired) electrons. The molecule has 0 aliphatic heterocycles. The van der Waals surface area contributed by atoms with Crippen LogP contribution in [0, 0.1) is 0 Å². The van der Waals surface area contributed by atoms with E-state index in [9.17, 15) is 0 Å². The molecule has 0 aromatic heterocycles. The highest BCUT2D eigenvalue weighted by Crippen LogP contribution is 2.52. The van der Waals surface area contributed by atoms with Crippen molar-refractivity contribution in [1.82, 2.24) is 0 Å². The van der Waals surface area contributed by atoms with Crippen LogP contribution >= 0.6 is 0 Å². The minimum atomic E-state index is -0.104. The summed E-state index contributed by atoms with van der Waals surface area (Å²) >= 11 is 0. The lowest BCUT2D eigenvalue weighted by atomic mass is 9.82. The van der Waals surface area contributed by atoms with Gasteiger partial charge in [0.1, 0.15) is 0 Å². The zero-order chi connectivity index (χ0) is 46.0. The van der Waals surface area contributed by atoms with Crippen molar-refractivity contribution < 1.29 is 0 Å². The molecule has 0 N–H and O–H groups in total. The van der Waals surface area contributed by atoms with Gasteiger partial charge in [-0.1, -0.05) is 185 Å². The fourth-order valence-corrected chi connectivity index (χ4v) is 11.2. The van der Waals surface area contributed by atoms with Crippen LogP contribution in [-0.2, 0) is 10.8 Å². The van der Waals surface area contributed by atoms with E-state index in [0.717, 1.165) is 47.0 Å². The molecule has 0 heterocycles. The summed E-state index contributed by atoms with van der Waals surface area (Å²) in [5.74, 6) is 0. The smallest absolute Gasteiger partial charge is 0.0465 e. The summed E-state index contributed by atoms with van der Waals surface area (Å²) in [5, 5.41) is 0. The highest BCUT2D eigenvalue weighted by molar-refractivity contribution is 5.89. The van der Waals surface area contributed by atoms with Gasteiger partial charge in [0.25, 0.3) is 0 Å². The van der Waals surface area contributed by atoms with Crippen molar-refractivity contribution >= 4 is 39.7 Å². The average molecular weight is 875 g/mol. The van der Waals surface area contributed by atoms with E-state index in [1.165, 1.54) is 77.9 Å². The molecule has 0 bridgehead atoms.